The van der Waals surface area contributed by atoms with Crippen LogP contribution in [0.15, 0.2) is 29.4 Å². The molecule has 1 aromatic carbocycles. The zero-order valence-electron chi connectivity index (χ0n) is 18.1. The lowest BCUT2D eigenvalue weighted by atomic mass is 9.86. The van der Waals surface area contributed by atoms with Crippen molar-refractivity contribution in [3.8, 4) is 11.4 Å². The number of ether oxygens (including phenoxy) is 1. The SMILES string of the molecule is CCn1c(SCC(=O)OC(C)C(=O)NC2CCCCC2C)nnc1-c1ccc(Cl)cc1. The second kappa shape index (κ2) is 11.0. The van der Waals surface area contributed by atoms with Crippen LogP contribution in [0, 0.1) is 5.92 Å². The summed E-state index contributed by atoms with van der Waals surface area (Å²) in [5, 5.41) is 12.8. The lowest BCUT2D eigenvalue weighted by Crippen LogP contribution is -2.46. The largest absolute Gasteiger partial charge is 0.452 e. The molecule has 0 saturated heterocycles. The maximum absolute atomic E-state index is 12.4. The first-order chi connectivity index (χ1) is 14.9. The van der Waals surface area contributed by atoms with Crippen LogP contribution in [0.4, 0.5) is 0 Å². The standard InChI is InChI=1S/C22H29ClN4O3S/c1-4-27-20(16-9-11-17(23)12-10-16)25-26-22(27)31-13-19(28)30-15(3)21(29)24-18-8-6-5-7-14(18)2/h9-12,14-15,18H,4-8,13H2,1-3H3,(H,24,29). The molecular formula is C22H29ClN4O3S. The van der Waals surface area contributed by atoms with E-state index in [4.69, 9.17) is 16.3 Å². The number of carbonyl (C=O) groups excluding carboxylic acids is 2. The topological polar surface area (TPSA) is 86.1 Å². The lowest BCUT2D eigenvalue weighted by Gasteiger charge is -2.30. The summed E-state index contributed by atoms with van der Waals surface area (Å²) in [6.07, 6.45) is 3.60. The van der Waals surface area contributed by atoms with Gasteiger partial charge in [0, 0.05) is 23.2 Å². The minimum Gasteiger partial charge on any atom is -0.452 e. The van der Waals surface area contributed by atoms with Gasteiger partial charge in [0.15, 0.2) is 17.1 Å². The van der Waals surface area contributed by atoms with Crippen molar-refractivity contribution in [2.24, 2.45) is 5.92 Å². The fraction of sp³-hybridized carbons (Fsp3) is 0.545. The van der Waals surface area contributed by atoms with E-state index in [1.165, 1.54) is 18.2 Å². The molecule has 9 heteroatoms. The van der Waals surface area contributed by atoms with E-state index in [1.54, 1.807) is 19.1 Å². The average molecular weight is 465 g/mol. The van der Waals surface area contributed by atoms with Crippen LogP contribution in [0.1, 0.15) is 46.5 Å². The summed E-state index contributed by atoms with van der Waals surface area (Å²) in [7, 11) is 0. The molecule has 0 bridgehead atoms. The van der Waals surface area contributed by atoms with Crippen molar-refractivity contribution in [2.75, 3.05) is 5.75 Å². The van der Waals surface area contributed by atoms with Crippen molar-refractivity contribution in [1.82, 2.24) is 20.1 Å². The van der Waals surface area contributed by atoms with Gasteiger partial charge in [-0.1, -0.05) is 43.1 Å². The number of amides is 1. The van der Waals surface area contributed by atoms with Crippen molar-refractivity contribution in [3.05, 3.63) is 29.3 Å². The van der Waals surface area contributed by atoms with Gasteiger partial charge in [0.25, 0.3) is 5.91 Å². The first-order valence-corrected chi connectivity index (χ1v) is 12.1. The highest BCUT2D eigenvalue weighted by Gasteiger charge is 2.26. The molecule has 0 spiro atoms. The molecule has 2 aromatic rings. The summed E-state index contributed by atoms with van der Waals surface area (Å²) in [4.78, 5) is 24.7. The van der Waals surface area contributed by atoms with Crippen LogP contribution in [0.5, 0.6) is 0 Å². The van der Waals surface area contributed by atoms with E-state index in [0.29, 0.717) is 28.5 Å². The fourth-order valence-electron chi connectivity index (χ4n) is 3.73. The molecule has 3 atom stereocenters. The minimum atomic E-state index is -0.823. The highest BCUT2D eigenvalue weighted by atomic mass is 35.5. The molecule has 1 aliphatic rings. The number of nitrogens with zero attached hydrogens (tertiary/aromatic N) is 3. The van der Waals surface area contributed by atoms with Crippen LogP contribution >= 0.6 is 23.4 Å². The third kappa shape index (κ3) is 6.23. The van der Waals surface area contributed by atoms with Crippen molar-refractivity contribution in [2.45, 2.75) is 70.3 Å². The second-order valence-electron chi connectivity index (χ2n) is 7.85. The maximum atomic E-state index is 12.4. The normalized spacial score (nSPS) is 19.6. The molecule has 31 heavy (non-hydrogen) atoms. The van der Waals surface area contributed by atoms with Gasteiger partial charge in [0.05, 0.1) is 5.75 Å². The number of thioether (sulfide) groups is 1. The number of rotatable bonds is 8. The Bertz CT molecular complexity index is 903. The lowest BCUT2D eigenvalue weighted by molar-refractivity contribution is -0.152. The van der Waals surface area contributed by atoms with Gasteiger partial charge in [-0.2, -0.15) is 0 Å². The number of carbonyl (C=O) groups is 2. The van der Waals surface area contributed by atoms with E-state index < -0.39 is 12.1 Å². The van der Waals surface area contributed by atoms with Gasteiger partial charge in [-0.05, 0) is 56.9 Å². The van der Waals surface area contributed by atoms with Crippen molar-refractivity contribution in [3.63, 3.8) is 0 Å². The fourth-order valence-corrected chi connectivity index (χ4v) is 4.64. The molecule has 1 N–H and O–H groups in total. The number of esters is 1. The maximum Gasteiger partial charge on any atom is 0.317 e. The molecule has 1 heterocycles. The molecule has 1 saturated carbocycles. The van der Waals surface area contributed by atoms with Crippen LogP contribution in [-0.2, 0) is 20.9 Å². The third-order valence-corrected chi connectivity index (χ3v) is 6.76. The molecule has 1 fully saturated rings. The molecule has 0 radical (unpaired) electrons. The first-order valence-electron chi connectivity index (χ1n) is 10.7. The zero-order chi connectivity index (χ0) is 22.4. The zero-order valence-corrected chi connectivity index (χ0v) is 19.7. The highest BCUT2D eigenvalue weighted by Crippen LogP contribution is 2.26. The number of aromatic nitrogens is 3. The monoisotopic (exact) mass is 464 g/mol. The molecule has 1 aliphatic carbocycles. The van der Waals surface area contributed by atoms with Crippen LogP contribution in [-0.4, -0.2) is 44.5 Å². The van der Waals surface area contributed by atoms with E-state index >= 15 is 0 Å². The van der Waals surface area contributed by atoms with Gasteiger partial charge in [0.1, 0.15) is 0 Å². The Kier molecular flexibility index (Phi) is 8.37. The number of hydrogen-bond acceptors (Lipinski definition) is 6. The Labute approximate surface area is 192 Å². The predicted octanol–water partition coefficient (Wildman–Crippen LogP) is 4.34. The summed E-state index contributed by atoms with van der Waals surface area (Å²) >= 11 is 7.21. The summed E-state index contributed by atoms with van der Waals surface area (Å²) < 4.78 is 7.28. The van der Waals surface area contributed by atoms with E-state index in [2.05, 4.69) is 22.4 Å². The quantitative estimate of drug-likeness (QED) is 0.462. The van der Waals surface area contributed by atoms with Crippen LogP contribution in [0.2, 0.25) is 5.02 Å². The second-order valence-corrected chi connectivity index (χ2v) is 9.23. The Morgan fingerprint density at radius 2 is 1.97 bits per heavy atom. The van der Waals surface area contributed by atoms with Crippen LogP contribution in [0.25, 0.3) is 11.4 Å². The van der Waals surface area contributed by atoms with Gasteiger partial charge in [0.2, 0.25) is 0 Å². The molecule has 3 rings (SSSR count). The highest BCUT2D eigenvalue weighted by molar-refractivity contribution is 7.99. The molecule has 7 nitrogen and oxygen atoms in total. The summed E-state index contributed by atoms with van der Waals surface area (Å²) in [6, 6.07) is 7.53. The van der Waals surface area contributed by atoms with Crippen LogP contribution in [0.3, 0.4) is 0 Å². The minimum absolute atomic E-state index is 0.0518. The van der Waals surface area contributed by atoms with Gasteiger partial charge >= 0.3 is 5.97 Å². The van der Waals surface area contributed by atoms with Crippen molar-refractivity contribution < 1.29 is 14.3 Å². The first kappa shape index (κ1) is 23.6. The average Bonchev–Trinajstić information content (AvgIpc) is 3.17. The van der Waals surface area contributed by atoms with Crippen molar-refractivity contribution >= 4 is 35.2 Å². The summed E-state index contributed by atoms with van der Waals surface area (Å²) in [6.45, 7) is 6.41. The molecule has 3 unspecified atom stereocenters. The number of benzene rings is 1. The van der Waals surface area contributed by atoms with Gasteiger partial charge in [-0.3, -0.25) is 9.59 Å². The number of nitrogens with one attached hydrogen (secondary N) is 1. The Morgan fingerprint density at radius 3 is 2.65 bits per heavy atom. The van der Waals surface area contributed by atoms with Gasteiger partial charge in [-0.15, -0.1) is 10.2 Å². The number of halogens is 1. The Hall–Kier alpha value is -2.06. The number of hydrogen-bond donors (Lipinski definition) is 1. The van der Waals surface area contributed by atoms with E-state index in [1.807, 2.05) is 23.6 Å². The van der Waals surface area contributed by atoms with Gasteiger partial charge in [-0.25, -0.2) is 0 Å². The summed E-state index contributed by atoms with van der Waals surface area (Å²) in [5.41, 5.74) is 0.899. The molecule has 1 aromatic heterocycles. The van der Waals surface area contributed by atoms with Crippen molar-refractivity contribution in [1.29, 1.82) is 0 Å². The smallest absolute Gasteiger partial charge is 0.317 e. The predicted molar refractivity (Wildman–Crippen MR) is 122 cm³/mol. The van der Waals surface area contributed by atoms with E-state index in [-0.39, 0.29) is 17.7 Å². The Balaban J connectivity index is 1.53. The van der Waals surface area contributed by atoms with Crippen LogP contribution < -0.4 is 5.32 Å². The molecule has 1 amide bonds. The summed E-state index contributed by atoms with van der Waals surface area (Å²) in [5.74, 6) is 0.522. The molecule has 0 aliphatic heterocycles. The molecular weight excluding hydrogens is 436 g/mol. The van der Waals surface area contributed by atoms with E-state index in [0.717, 1.165) is 24.8 Å². The van der Waals surface area contributed by atoms with E-state index in [9.17, 15) is 9.59 Å². The Morgan fingerprint density at radius 1 is 1.26 bits per heavy atom. The molecule has 168 valence electrons. The van der Waals surface area contributed by atoms with Gasteiger partial charge < -0.3 is 14.6 Å². The third-order valence-electron chi connectivity index (χ3n) is 5.57.